The van der Waals surface area contributed by atoms with Crippen molar-refractivity contribution in [3.8, 4) is 17.6 Å². The van der Waals surface area contributed by atoms with E-state index in [0.717, 1.165) is 12.8 Å². The van der Waals surface area contributed by atoms with Gasteiger partial charge < -0.3 is 14.2 Å². The monoisotopic (exact) mass is 394 g/mol. The molecule has 8 nitrogen and oxygen atoms in total. The van der Waals surface area contributed by atoms with Gasteiger partial charge in [0, 0.05) is 19.2 Å². The Hall–Kier alpha value is -2.28. The second kappa shape index (κ2) is 11.4. The van der Waals surface area contributed by atoms with E-state index in [-0.39, 0.29) is 12.2 Å². The van der Waals surface area contributed by atoms with Crippen LogP contribution in [-0.2, 0) is 20.0 Å². The first-order chi connectivity index (χ1) is 13.1. The highest BCUT2D eigenvalue weighted by atomic mass is 32.2. The summed E-state index contributed by atoms with van der Waals surface area (Å²) in [7, 11) is -1.24. The van der Waals surface area contributed by atoms with Gasteiger partial charge in [-0.05, 0) is 24.8 Å². The third-order valence-corrected chi connectivity index (χ3v) is 4.24. The van der Waals surface area contributed by atoms with Crippen LogP contribution in [0.25, 0.3) is 0 Å². The highest BCUT2D eigenvalue weighted by Crippen LogP contribution is 2.24. The SMILES string of the molecule is COCCOCCOc1cc(C(=O)N=S(=O)=O)cnc1C#CC1CCCC1. The standard InChI is InChI=1S/C18H22N2O6S/c1-24-8-9-25-10-11-26-17-12-15(18(21)20-27(22)23)13-19-16(17)7-6-14-4-2-3-5-14/h12-14H,2-5,8-11H2,1H3. The second-order valence-electron chi connectivity index (χ2n) is 5.89. The molecular formula is C18H22N2O6S. The summed E-state index contributed by atoms with van der Waals surface area (Å²) in [4.78, 5) is 16.0. The molecule has 0 atom stereocenters. The number of amides is 1. The maximum absolute atomic E-state index is 11.8. The van der Waals surface area contributed by atoms with Crippen molar-refractivity contribution in [2.45, 2.75) is 25.7 Å². The Labute approximate surface area is 159 Å². The minimum absolute atomic E-state index is 0.0147. The van der Waals surface area contributed by atoms with Crippen molar-refractivity contribution in [1.29, 1.82) is 0 Å². The molecule has 0 aliphatic heterocycles. The van der Waals surface area contributed by atoms with Crippen LogP contribution in [0.3, 0.4) is 0 Å². The summed E-state index contributed by atoms with van der Waals surface area (Å²) in [6.45, 7) is 1.48. The van der Waals surface area contributed by atoms with E-state index in [4.69, 9.17) is 14.2 Å². The van der Waals surface area contributed by atoms with Crippen molar-refractivity contribution in [3.05, 3.63) is 23.5 Å². The zero-order valence-corrected chi connectivity index (χ0v) is 16.0. The van der Waals surface area contributed by atoms with Crippen LogP contribution < -0.4 is 4.74 Å². The lowest BCUT2D eigenvalue weighted by Crippen LogP contribution is -2.11. The van der Waals surface area contributed by atoms with Crippen molar-refractivity contribution in [1.82, 2.24) is 4.98 Å². The van der Waals surface area contributed by atoms with Gasteiger partial charge in [0.2, 0.25) is 0 Å². The van der Waals surface area contributed by atoms with Crippen LogP contribution in [0.2, 0.25) is 0 Å². The Morgan fingerprint density at radius 3 is 2.70 bits per heavy atom. The van der Waals surface area contributed by atoms with Crippen molar-refractivity contribution in [2.75, 3.05) is 33.5 Å². The molecule has 1 amide bonds. The van der Waals surface area contributed by atoms with Crippen molar-refractivity contribution in [2.24, 2.45) is 10.3 Å². The second-order valence-corrected chi connectivity index (χ2v) is 6.51. The number of hydrogen-bond acceptors (Lipinski definition) is 7. The van der Waals surface area contributed by atoms with Gasteiger partial charge in [0.25, 0.3) is 5.91 Å². The molecular weight excluding hydrogens is 372 g/mol. The van der Waals surface area contributed by atoms with Crippen LogP contribution >= 0.6 is 0 Å². The number of hydrogen-bond donors (Lipinski definition) is 0. The molecule has 0 aromatic carbocycles. The van der Waals surface area contributed by atoms with E-state index in [1.807, 2.05) is 0 Å². The Bertz CT molecular complexity index is 827. The Kier molecular flexibility index (Phi) is 8.91. The van der Waals surface area contributed by atoms with E-state index in [0.29, 0.717) is 37.2 Å². The summed E-state index contributed by atoms with van der Waals surface area (Å²) >= 11 is 0. The molecule has 1 aromatic rings. The van der Waals surface area contributed by atoms with Gasteiger partial charge in [-0.25, -0.2) is 4.98 Å². The normalized spacial score (nSPS) is 13.7. The number of carbonyl (C=O) groups is 1. The van der Waals surface area contributed by atoms with Gasteiger partial charge in [0.15, 0.2) is 11.4 Å². The van der Waals surface area contributed by atoms with E-state index < -0.39 is 16.4 Å². The van der Waals surface area contributed by atoms with Crippen LogP contribution in [0, 0.1) is 17.8 Å². The smallest absolute Gasteiger partial charge is 0.319 e. The highest BCUT2D eigenvalue weighted by Gasteiger charge is 2.14. The molecule has 0 radical (unpaired) electrons. The maximum atomic E-state index is 11.8. The Morgan fingerprint density at radius 1 is 1.26 bits per heavy atom. The van der Waals surface area contributed by atoms with Gasteiger partial charge in [-0.1, -0.05) is 23.1 Å². The average molecular weight is 394 g/mol. The summed E-state index contributed by atoms with van der Waals surface area (Å²) in [6.07, 6.45) is 5.74. The summed E-state index contributed by atoms with van der Waals surface area (Å²) in [5.41, 5.74) is 0.416. The first-order valence-electron chi connectivity index (χ1n) is 8.66. The summed E-state index contributed by atoms with van der Waals surface area (Å²) in [6, 6.07) is 1.40. The summed E-state index contributed by atoms with van der Waals surface area (Å²) in [5.74, 6) is 5.94. The minimum Gasteiger partial charge on any atom is -0.488 e. The molecule has 0 unspecified atom stereocenters. The van der Waals surface area contributed by atoms with Crippen LogP contribution in [0.5, 0.6) is 5.75 Å². The lowest BCUT2D eigenvalue weighted by atomic mass is 10.1. The predicted molar refractivity (Wildman–Crippen MR) is 96.9 cm³/mol. The molecule has 1 saturated carbocycles. The third-order valence-electron chi connectivity index (χ3n) is 3.92. The van der Waals surface area contributed by atoms with Gasteiger partial charge in [-0.15, -0.1) is 0 Å². The van der Waals surface area contributed by atoms with E-state index in [1.54, 1.807) is 7.11 Å². The molecule has 1 heterocycles. The number of methoxy groups -OCH3 is 1. The van der Waals surface area contributed by atoms with Crippen molar-refractivity contribution in [3.63, 3.8) is 0 Å². The largest absolute Gasteiger partial charge is 0.488 e. The van der Waals surface area contributed by atoms with Crippen LogP contribution in [-0.4, -0.2) is 52.8 Å². The number of pyridine rings is 1. The zero-order valence-electron chi connectivity index (χ0n) is 15.1. The number of nitrogens with zero attached hydrogens (tertiary/aromatic N) is 2. The fourth-order valence-electron chi connectivity index (χ4n) is 2.58. The summed E-state index contributed by atoms with van der Waals surface area (Å²) < 4.78 is 40.0. The number of aromatic nitrogens is 1. The number of carbonyl (C=O) groups excluding carboxylic acids is 1. The first kappa shape index (κ1) is 21.0. The third kappa shape index (κ3) is 7.46. The molecule has 146 valence electrons. The fraction of sp³-hybridized carbons (Fsp3) is 0.556. The molecule has 0 saturated heterocycles. The van der Waals surface area contributed by atoms with Gasteiger partial charge in [-0.3, -0.25) is 4.79 Å². The van der Waals surface area contributed by atoms with Crippen LogP contribution in [0.15, 0.2) is 16.6 Å². The molecule has 1 aliphatic carbocycles. The lowest BCUT2D eigenvalue weighted by molar-refractivity contribution is 0.0543. The van der Waals surface area contributed by atoms with Gasteiger partial charge in [0.1, 0.15) is 6.61 Å². The minimum atomic E-state index is -2.83. The quantitative estimate of drug-likeness (QED) is 0.490. The molecule has 1 aromatic heterocycles. The summed E-state index contributed by atoms with van der Waals surface area (Å²) in [5, 5.41) is 0. The molecule has 0 bridgehead atoms. The van der Waals surface area contributed by atoms with E-state index in [2.05, 4.69) is 21.2 Å². The molecule has 9 heteroatoms. The molecule has 1 aliphatic rings. The van der Waals surface area contributed by atoms with Crippen molar-refractivity contribution >= 4 is 16.4 Å². The van der Waals surface area contributed by atoms with Gasteiger partial charge in [0.05, 0.1) is 25.4 Å². The van der Waals surface area contributed by atoms with Gasteiger partial charge >= 0.3 is 10.5 Å². The molecule has 27 heavy (non-hydrogen) atoms. The van der Waals surface area contributed by atoms with Crippen LogP contribution in [0.4, 0.5) is 0 Å². The maximum Gasteiger partial charge on any atom is 0.319 e. The van der Waals surface area contributed by atoms with Gasteiger partial charge in [-0.2, -0.15) is 8.42 Å². The topological polar surface area (TPSA) is 104 Å². The highest BCUT2D eigenvalue weighted by molar-refractivity contribution is 7.62. The molecule has 0 spiro atoms. The van der Waals surface area contributed by atoms with E-state index in [9.17, 15) is 13.2 Å². The molecule has 0 N–H and O–H groups in total. The average Bonchev–Trinajstić information content (AvgIpc) is 3.16. The van der Waals surface area contributed by atoms with E-state index >= 15 is 0 Å². The molecule has 1 fully saturated rings. The first-order valence-corrected chi connectivity index (χ1v) is 9.70. The number of rotatable bonds is 8. The van der Waals surface area contributed by atoms with Crippen molar-refractivity contribution < 1.29 is 27.4 Å². The van der Waals surface area contributed by atoms with Crippen LogP contribution in [0.1, 0.15) is 41.7 Å². The Balaban J connectivity index is 2.13. The lowest BCUT2D eigenvalue weighted by Gasteiger charge is -2.09. The predicted octanol–water partition coefficient (Wildman–Crippen LogP) is 1.87. The molecule has 2 rings (SSSR count). The Morgan fingerprint density at radius 2 is 2.00 bits per heavy atom. The fourth-order valence-corrected chi connectivity index (χ4v) is 2.82. The van der Waals surface area contributed by atoms with E-state index in [1.165, 1.54) is 25.1 Å². The number of ether oxygens (including phenoxy) is 3. The zero-order chi connectivity index (χ0) is 19.5.